The summed E-state index contributed by atoms with van der Waals surface area (Å²) in [5, 5.41) is 3.16. The lowest BCUT2D eigenvalue weighted by atomic mass is 9.95. The van der Waals surface area contributed by atoms with Gasteiger partial charge < -0.3 is 15.6 Å². The van der Waals surface area contributed by atoms with Gasteiger partial charge >= 0.3 is 6.18 Å². The van der Waals surface area contributed by atoms with Gasteiger partial charge in [-0.3, -0.25) is 15.1 Å². The average Bonchev–Trinajstić information content (AvgIpc) is 2.80. The van der Waals surface area contributed by atoms with Crippen LogP contribution in [0.4, 0.5) is 13.2 Å². The van der Waals surface area contributed by atoms with E-state index in [1.165, 1.54) is 31.4 Å². The highest BCUT2D eigenvalue weighted by Crippen LogP contribution is 2.30. The van der Waals surface area contributed by atoms with Crippen LogP contribution >= 0.6 is 0 Å². The van der Waals surface area contributed by atoms with Crippen LogP contribution in [0.3, 0.4) is 0 Å². The molecule has 1 aliphatic carbocycles. The summed E-state index contributed by atoms with van der Waals surface area (Å²) in [6.45, 7) is 3.27. The Morgan fingerprint density at radius 2 is 1.75 bits per heavy atom. The summed E-state index contributed by atoms with van der Waals surface area (Å²) in [7, 11) is 0. The highest BCUT2D eigenvalue weighted by Gasteiger charge is 2.30. The quantitative estimate of drug-likeness (QED) is 0.658. The van der Waals surface area contributed by atoms with E-state index in [0.29, 0.717) is 42.9 Å². The number of benzene rings is 1. The van der Waals surface area contributed by atoms with Crippen molar-refractivity contribution >= 4 is 17.6 Å². The number of rotatable bonds is 4. The highest BCUT2D eigenvalue weighted by molar-refractivity contribution is 5.88. The van der Waals surface area contributed by atoms with Gasteiger partial charge in [-0.15, -0.1) is 0 Å². The van der Waals surface area contributed by atoms with Crippen molar-refractivity contribution in [2.75, 3.05) is 32.7 Å². The molecule has 32 heavy (non-hydrogen) atoms. The fourth-order valence-corrected chi connectivity index (χ4v) is 4.31. The highest BCUT2D eigenvalue weighted by atomic mass is 19.4. The molecule has 3 aliphatic rings. The number of alkyl halides is 3. The Morgan fingerprint density at radius 3 is 2.41 bits per heavy atom. The number of hydrogen-bond donors (Lipinski definition) is 3. The number of carbonyl (C=O) groups excluding carboxylic acids is 1. The van der Waals surface area contributed by atoms with Gasteiger partial charge in [0.1, 0.15) is 0 Å². The van der Waals surface area contributed by atoms with Crippen LogP contribution in [-0.4, -0.2) is 60.4 Å². The molecule has 0 aromatic heterocycles. The van der Waals surface area contributed by atoms with E-state index in [1.807, 2.05) is 0 Å². The number of piperazine rings is 1. The molecule has 174 valence electrons. The molecule has 1 saturated carbocycles. The minimum atomic E-state index is -4.36. The molecule has 10 heteroatoms. The molecule has 0 bridgehead atoms. The normalized spacial score (nSPS) is 20.7. The predicted octanol–water partition coefficient (Wildman–Crippen LogP) is 2.53. The van der Waals surface area contributed by atoms with Crippen molar-refractivity contribution < 1.29 is 18.0 Å². The molecular formula is C22H29F3N6O. The molecule has 1 aromatic rings. The first kappa shape index (κ1) is 22.4. The second-order valence-electron chi connectivity index (χ2n) is 8.48. The molecule has 2 aliphatic heterocycles. The van der Waals surface area contributed by atoms with Crippen LogP contribution in [0.2, 0.25) is 0 Å². The Kier molecular flexibility index (Phi) is 6.88. The number of amides is 1. The van der Waals surface area contributed by atoms with E-state index in [0.717, 1.165) is 38.1 Å². The molecule has 2 heterocycles. The first-order chi connectivity index (χ1) is 15.4. The molecule has 7 nitrogen and oxygen atoms in total. The maximum atomic E-state index is 12.8. The van der Waals surface area contributed by atoms with E-state index < -0.39 is 11.7 Å². The number of aliphatic imine (C=N–C) groups is 1. The third-order valence-corrected chi connectivity index (χ3v) is 6.14. The lowest BCUT2D eigenvalue weighted by Gasteiger charge is -2.37. The van der Waals surface area contributed by atoms with Crippen LogP contribution < -0.4 is 16.2 Å². The Hall–Kier alpha value is -2.75. The van der Waals surface area contributed by atoms with Gasteiger partial charge in [0.05, 0.1) is 17.8 Å². The summed E-state index contributed by atoms with van der Waals surface area (Å²) in [5.74, 6) is 0.710. The van der Waals surface area contributed by atoms with E-state index >= 15 is 0 Å². The Bertz CT molecular complexity index is 853. The molecular weight excluding hydrogens is 421 g/mol. The molecule has 0 unspecified atom stereocenters. The molecule has 1 amide bonds. The van der Waals surface area contributed by atoms with Crippen LogP contribution in [0.1, 0.15) is 43.2 Å². The molecule has 0 radical (unpaired) electrons. The Morgan fingerprint density at radius 1 is 1.06 bits per heavy atom. The lowest BCUT2D eigenvalue weighted by Crippen LogP contribution is -2.56. The minimum Gasteiger partial charge on any atom is -0.352 e. The monoisotopic (exact) mass is 450 g/mol. The van der Waals surface area contributed by atoms with Crippen LogP contribution in [-0.2, 0) is 11.0 Å². The summed E-state index contributed by atoms with van der Waals surface area (Å²) in [5.41, 5.74) is 6.41. The summed E-state index contributed by atoms with van der Waals surface area (Å²) >= 11 is 0. The van der Waals surface area contributed by atoms with Gasteiger partial charge in [-0.2, -0.15) is 13.2 Å². The maximum absolute atomic E-state index is 12.8. The first-order valence-electron chi connectivity index (χ1n) is 11.1. The van der Waals surface area contributed by atoms with Gasteiger partial charge in [-0.05, 0) is 25.0 Å². The van der Waals surface area contributed by atoms with Crippen molar-refractivity contribution in [3.05, 3.63) is 41.6 Å². The Balaban J connectivity index is 1.29. The van der Waals surface area contributed by atoms with Crippen molar-refractivity contribution in [2.24, 2.45) is 4.99 Å². The van der Waals surface area contributed by atoms with Crippen molar-refractivity contribution in [3.63, 3.8) is 0 Å². The SMILES string of the molecule is O=C(CN1CCN(C2=NC(c3ccc(C(F)(F)F)cc3)=CNN2)CC1)NC1CCCCC1. The molecule has 1 saturated heterocycles. The van der Waals surface area contributed by atoms with Crippen molar-refractivity contribution in [1.29, 1.82) is 0 Å². The third-order valence-electron chi connectivity index (χ3n) is 6.14. The standard InChI is InChI=1S/C22H29F3N6O/c23-22(24,25)17-8-6-16(7-9-17)19-14-26-29-21(28-19)31-12-10-30(11-13-31)15-20(32)27-18-4-2-1-3-5-18/h6-9,14,18,26H,1-5,10-13,15H2,(H,27,32)(H,28,29). The van der Waals surface area contributed by atoms with E-state index in [1.54, 1.807) is 6.20 Å². The number of halogens is 3. The van der Waals surface area contributed by atoms with Gasteiger partial charge in [-0.25, -0.2) is 4.99 Å². The van der Waals surface area contributed by atoms with Crippen LogP contribution in [0.5, 0.6) is 0 Å². The van der Waals surface area contributed by atoms with E-state index in [2.05, 4.69) is 31.0 Å². The van der Waals surface area contributed by atoms with E-state index in [9.17, 15) is 18.0 Å². The maximum Gasteiger partial charge on any atom is 0.416 e. The molecule has 2 fully saturated rings. The second kappa shape index (κ2) is 9.81. The number of nitrogens with one attached hydrogen (secondary N) is 3. The van der Waals surface area contributed by atoms with Crippen molar-refractivity contribution in [3.8, 4) is 0 Å². The largest absolute Gasteiger partial charge is 0.416 e. The number of hydrogen-bond acceptors (Lipinski definition) is 6. The summed E-state index contributed by atoms with van der Waals surface area (Å²) in [6.07, 6.45) is 3.06. The van der Waals surface area contributed by atoms with Crippen LogP contribution in [0.25, 0.3) is 5.70 Å². The first-order valence-corrected chi connectivity index (χ1v) is 11.1. The minimum absolute atomic E-state index is 0.0904. The lowest BCUT2D eigenvalue weighted by molar-refractivity contribution is -0.137. The zero-order valence-corrected chi connectivity index (χ0v) is 17.9. The fourth-order valence-electron chi connectivity index (χ4n) is 4.31. The van der Waals surface area contributed by atoms with Gasteiger partial charge in [0, 0.05) is 44.0 Å². The van der Waals surface area contributed by atoms with Crippen LogP contribution in [0.15, 0.2) is 35.5 Å². The topological polar surface area (TPSA) is 72.0 Å². The van der Waals surface area contributed by atoms with E-state index in [4.69, 9.17) is 0 Å². The smallest absolute Gasteiger partial charge is 0.352 e. The molecule has 3 N–H and O–H groups in total. The summed E-state index contributed by atoms with van der Waals surface area (Å²) < 4.78 is 38.4. The molecule has 0 spiro atoms. The fraction of sp³-hybridized carbons (Fsp3) is 0.545. The van der Waals surface area contributed by atoms with Crippen LogP contribution in [0, 0.1) is 0 Å². The summed E-state index contributed by atoms with van der Waals surface area (Å²) in [4.78, 5) is 21.1. The second-order valence-corrected chi connectivity index (χ2v) is 8.48. The molecule has 0 atom stereocenters. The number of nitrogens with zero attached hydrogens (tertiary/aromatic N) is 3. The van der Waals surface area contributed by atoms with Gasteiger partial charge in [0.2, 0.25) is 11.9 Å². The third kappa shape index (κ3) is 5.73. The number of guanidine groups is 1. The van der Waals surface area contributed by atoms with Crippen molar-refractivity contribution in [1.82, 2.24) is 26.0 Å². The van der Waals surface area contributed by atoms with Gasteiger partial charge in [-0.1, -0.05) is 31.4 Å². The van der Waals surface area contributed by atoms with Gasteiger partial charge in [0.15, 0.2) is 0 Å². The average molecular weight is 451 g/mol. The molecule has 4 rings (SSSR count). The summed E-state index contributed by atoms with van der Waals surface area (Å²) in [6, 6.07) is 5.28. The zero-order valence-electron chi connectivity index (χ0n) is 17.9. The number of hydrazine groups is 1. The Labute approximate surface area is 185 Å². The van der Waals surface area contributed by atoms with E-state index in [-0.39, 0.29) is 5.91 Å². The van der Waals surface area contributed by atoms with Gasteiger partial charge in [0.25, 0.3) is 0 Å². The predicted molar refractivity (Wildman–Crippen MR) is 116 cm³/mol. The van der Waals surface area contributed by atoms with Crippen molar-refractivity contribution in [2.45, 2.75) is 44.3 Å². The number of carbonyl (C=O) groups is 1. The molecule has 1 aromatic carbocycles. The zero-order chi connectivity index (χ0) is 22.6.